The fraction of sp³-hybridized carbons (Fsp3) is 0.200. The molecule has 0 radical (unpaired) electrons. The Bertz CT molecular complexity index is 1180. The molecule has 0 saturated carbocycles. The molecule has 0 saturated heterocycles. The van der Waals surface area contributed by atoms with Gasteiger partial charge in [0.15, 0.2) is 0 Å². The molecule has 3 rings (SSSR count). The molecule has 3 aromatic carbocycles. The van der Waals surface area contributed by atoms with E-state index in [4.69, 9.17) is 14.2 Å². The van der Waals surface area contributed by atoms with Crippen molar-refractivity contribution in [3.8, 4) is 17.2 Å². The second kappa shape index (κ2) is 11.0. The van der Waals surface area contributed by atoms with Crippen molar-refractivity contribution in [1.29, 1.82) is 0 Å². The Labute approximate surface area is 197 Å². The molecule has 0 bridgehead atoms. The van der Waals surface area contributed by atoms with Crippen molar-refractivity contribution in [2.24, 2.45) is 0 Å². The van der Waals surface area contributed by atoms with Gasteiger partial charge in [-0.1, -0.05) is 6.07 Å². The molecule has 0 aliphatic heterocycles. The van der Waals surface area contributed by atoms with Crippen molar-refractivity contribution < 1.29 is 28.2 Å². The third kappa shape index (κ3) is 5.94. The zero-order valence-electron chi connectivity index (χ0n) is 19.3. The number of carbonyl (C=O) groups excluding carboxylic acids is 2. The molecule has 3 N–H and O–H groups in total. The topological polar surface area (TPSA) is 97.9 Å². The minimum absolute atomic E-state index is 0.167. The van der Waals surface area contributed by atoms with Gasteiger partial charge in [0.2, 0.25) is 5.91 Å². The standard InChI is InChI=1S/C25H26FN3O5/c1-15(24(30)28-21-14-19(32-2)9-11-23(21)34-4)27-18-8-10-22(33-3)20(13-18)29-25(31)16-6-5-7-17(26)12-16/h5-15,27H,1-4H3,(H,28,30)(H,29,31). The zero-order valence-corrected chi connectivity index (χ0v) is 19.3. The minimum Gasteiger partial charge on any atom is -0.497 e. The lowest BCUT2D eigenvalue weighted by molar-refractivity contribution is -0.116. The first-order chi connectivity index (χ1) is 16.3. The summed E-state index contributed by atoms with van der Waals surface area (Å²) in [4.78, 5) is 25.3. The molecule has 9 heteroatoms. The molecule has 0 aromatic heterocycles. The normalized spacial score (nSPS) is 11.2. The first kappa shape index (κ1) is 24.4. The fourth-order valence-corrected chi connectivity index (χ4v) is 3.19. The Balaban J connectivity index is 1.74. The van der Waals surface area contributed by atoms with Crippen molar-refractivity contribution in [3.63, 3.8) is 0 Å². The van der Waals surface area contributed by atoms with Crippen LogP contribution in [-0.2, 0) is 4.79 Å². The SMILES string of the molecule is COc1ccc(OC)c(NC(=O)C(C)Nc2ccc(OC)c(NC(=O)c3cccc(F)c3)c2)c1. The van der Waals surface area contributed by atoms with Crippen LogP contribution in [-0.4, -0.2) is 39.2 Å². The maximum absolute atomic E-state index is 13.5. The van der Waals surface area contributed by atoms with Gasteiger partial charge in [0.1, 0.15) is 29.1 Å². The molecular weight excluding hydrogens is 441 g/mol. The lowest BCUT2D eigenvalue weighted by Crippen LogP contribution is -2.32. The summed E-state index contributed by atoms with van der Waals surface area (Å²) in [6.07, 6.45) is 0. The van der Waals surface area contributed by atoms with Crippen molar-refractivity contribution >= 4 is 28.9 Å². The van der Waals surface area contributed by atoms with E-state index in [0.717, 1.165) is 6.07 Å². The van der Waals surface area contributed by atoms with E-state index < -0.39 is 17.8 Å². The van der Waals surface area contributed by atoms with Crippen molar-refractivity contribution in [1.82, 2.24) is 0 Å². The predicted molar refractivity (Wildman–Crippen MR) is 129 cm³/mol. The molecular formula is C25H26FN3O5. The highest BCUT2D eigenvalue weighted by Crippen LogP contribution is 2.30. The van der Waals surface area contributed by atoms with E-state index in [1.165, 1.54) is 39.5 Å². The number of amides is 2. The van der Waals surface area contributed by atoms with E-state index in [9.17, 15) is 14.0 Å². The zero-order chi connectivity index (χ0) is 24.7. The van der Waals surface area contributed by atoms with Crippen molar-refractivity contribution in [3.05, 3.63) is 72.0 Å². The van der Waals surface area contributed by atoms with Crippen LogP contribution in [0.1, 0.15) is 17.3 Å². The largest absolute Gasteiger partial charge is 0.497 e. The lowest BCUT2D eigenvalue weighted by atomic mass is 10.2. The number of carbonyl (C=O) groups is 2. The third-order valence-corrected chi connectivity index (χ3v) is 4.98. The van der Waals surface area contributed by atoms with Crippen LogP contribution in [0.4, 0.5) is 21.5 Å². The van der Waals surface area contributed by atoms with Gasteiger partial charge in [-0.3, -0.25) is 9.59 Å². The average Bonchev–Trinajstić information content (AvgIpc) is 2.84. The van der Waals surface area contributed by atoms with E-state index in [0.29, 0.717) is 34.3 Å². The molecule has 178 valence electrons. The van der Waals surface area contributed by atoms with Crippen LogP contribution in [0.15, 0.2) is 60.7 Å². The second-order valence-electron chi connectivity index (χ2n) is 7.30. The Kier molecular flexibility index (Phi) is 7.92. The van der Waals surface area contributed by atoms with Crippen LogP contribution in [0.2, 0.25) is 0 Å². The smallest absolute Gasteiger partial charge is 0.255 e. The highest BCUT2D eigenvalue weighted by Gasteiger charge is 2.17. The van der Waals surface area contributed by atoms with Gasteiger partial charge in [-0.25, -0.2) is 4.39 Å². The number of methoxy groups -OCH3 is 3. The van der Waals surface area contributed by atoms with Crippen molar-refractivity contribution in [2.75, 3.05) is 37.3 Å². The maximum Gasteiger partial charge on any atom is 0.255 e. The Morgan fingerprint density at radius 3 is 2.15 bits per heavy atom. The van der Waals surface area contributed by atoms with E-state index in [2.05, 4.69) is 16.0 Å². The summed E-state index contributed by atoms with van der Waals surface area (Å²) >= 11 is 0. The number of rotatable bonds is 9. The summed E-state index contributed by atoms with van der Waals surface area (Å²) in [5.41, 5.74) is 1.57. The van der Waals surface area contributed by atoms with Crippen LogP contribution in [0.5, 0.6) is 17.2 Å². The fourth-order valence-electron chi connectivity index (χ4n) is 3.19. The van der Waals surface area contributed by atoms with Gasteiger partial charge in [-0.15, -0.1) is 0 Å². The molecule has 0 heterocycles. The Hall–Kier alpha value is -4.27. The number of hydrogen-bond acceptors (Lipinski definition) is 6. The molecule has 0 spiro atoms. The number of hydrogen-bond donors (Lipinski definition) is 3. The highest BCUT2D eigenvalue weighted by atomic mass is 19.1. The van der Waals surface area contributed by atoms with Crippen LogP contribution in [0.25, 0.3) is 0 Å². The summed E-state index contributed by atoms with van der Waals surface area (Å²) in [6.45, 7) is 1.69. The van der Waals surface area contributed by atoms with Crippen LogP contribution in [0.3, 0.4) is 0 Å². The highest BCUT2D eigenvalue weighted by molar-refractivity contribution is 6.05. The predicted octanol–water partition coefficient (Wildman–Crippen LogP) is 4.54. The van der Waals surface area contributed by atoms with E-state index in [1.54, 1.807) is 43.3 Å². The average molecular weight is 467 g/mol. The first-order valence-corrected chi connectivity index (χ1v) is 10.4. The lowest BCUT2D eigenvalue weighted by Gasteiger charge is -2.18. The number of halogens is 1. The number of ether oxygens (including phenoxy) is 3. The van der Waals surface area contributed by atoms with E-state index in [-0.39, 0.29) is 11.5 Å². The summed E-state index contributed by atoms with van der Waals surface area (Å²) < 4.78 is 29.3. The van der Waals surface area contributed by atoms with Crippen LogP contribution >= 0.6 is 0 Å². The summed E-state index contributed by atoms with van der Waals surface area (Å²) in [6, 6.07) is 14.8. The van der Waals surface area contributed by atoms with Gasteiger partial charge in [0.25, 0.3) is 5.91 Å². The molecule has 8 nitrogen and oxygen atoms in total. The van der Waals surface area contributed by atoms with Crippen LogP contribution in [0, 0.1) is 5.82 Å². The van der Waals surface area contributed by atoms with Gasteiger partial charge < -0.3 is 30.2 Å². The number of anilines is 3. The Morgan fingerprint density at radius 1 is 0.824 bits per heavy atom. The molecule has 0 aliphatic rings. The van der Waals surface area contributed by atoms with E-state index >= 15 is 0 Å². The molecule has 2 amide bonds. The van der Waals surface area contributed by atoms with Gasteiger partial charge >= 0.3 is 0 Å². The molecule has 0 aliphatic carbocycles. The second-order valence-corrected chi connectivity index (χ2v) is 7.30. The molecule has 1 atom stereocenters. The number of nitrogens with one attached hydrogen (secondary N) is 3. The van der Waals surface area contributed by atoms with Crippen LogP contribution < -0.4 is 30.2 Å². The number of benzene rings is 3. The van der Waals surface area contributed by atoms with Gasteiger partial charge in [-0.05, 0) is 55.5 Å². The Morgan fingerprint density at radius 2 is 1.50 bits per heavy atom. The van der Waals surface area contributed by atoms with Gasteiger partial charge in [0.05, 0.1) is 32.7 Å². The maximum atomic E-state index is 13.5. The molecule has 3 aromatic rings. The molecule has 0 fully saturated rings. The third-order valence-electron chi connectivity index (χ3n) is 4.98. The molecule has 34 heavy (non-hydrogen) atoms. The minimum atomic E-state index is -0.643. The van der Waals surface area contributed by atoms with Crippen molar-refractivity contribution in [2.45, 2.75) is 13.0 Å². The summed E-state index contributed by atoms with van der Waals surface area (Å²) in [5.74, 6) is 0.160. The van der Waals surface area contributed by atoms with E-state index in [1.807, 2.05) is 0 Å². The molecule has 1 unspecified atom stereocenters. The first-order valence-electron chi connectivity index (χ1n) is 10.4. The summed E-state index contributed by atoms with van der Waals surface area (Å²) in [5, 5.41) is 8.62. The monoisotopic (exact) mass is 467 g/mol. The summed E-state index contributed by atoms with van der Waals surface area (Å²) in [7, 11) is 4.51. The quantitative estimate of drug-likeness (QED) is 0.427. The van der Waals surface area contributed by atoms with Gasteiger partial charge in [0, 0.05) is 17.3 Å². The van der Waals surface area contributed by atoms with Gasteiger partial charge in [-0.2, -0.15) is 0 Å².